The third-order valence-corrected chi connectivity index (χ3v) is 5.01. The first-order valence-electron chi connectivity index (χ1n) is 5.44. The van der Waals surface area contributed by atoms with Gasteiger partial charge in [-0.1, -0.05) is 24.3 Å². The second-order valence-electron chi connectivity index (χ2n) is 3.97. The van der Waals surface area contributed by atoms with E-state index >= 15 is 0 Å². The van der Waals surface area contributed by atoms with Crippen LogP contribution in [0, 0.1) is 12.7 Å². The third-order valence-electron chi connectivity index (χ3n) is 2.56. The van der Waals surface area contributed by atoms with Gasteiger partial charge in [-0.05, 0) is 46.6 Å². The summed E-state index contributed by atoms with van der Waals surface area (Å²) in [4.78, 5) is -0.372. The maximum atomic E-state index is 13.5. The lowest BCUT2D eigenvalue weighted by molar-refractivity contribution is 0.570. The number of nitrogens with one attached hydrogen (secondary N) is 1. The van der Waals surface area contributed by atoms with E-state index < -0.39 is 15.8 Å². The highest BCUT2D eigenvalue weighted by Crippen LogP contribution is 2.28. The first-order chi connectivity index (χ1) is 8.92. The van der Waals surface area contributed by atoms with Gasteiger partial charge in [-0.25, -0.2) is 12.8 Å². The molecule has 2 aromatic rings. The molecule has 0 aliphatic rings. The van der Waals surface area contributed by atoms with Crippen LogP contribution in [0.15, 0.2) is 51.8 Å². The average Bonchev–Trinajstić information content (AvgIpc) is 2.35. The van der Waals surface area contributed by atoms with Gasteiger partial charge in [0.15, 0.2) is 0 Å². The Balaban J connectivity index is 2.43. The van der Waals surface area contributed by atoms with Gasteiger partial charge in [0.05, 0.1) is 5.69 Å². The smallest absolute Gasteiger partial charge is 0.264 e. The largest absolute Gasteiger partial charge is 0.278 e. The van der Waals surface area contributed by atoms with Crippen molar-refractivity contribution in [3.63, 3.8) is 0 Å². The zero-order valence-electron chi connectivity index (χ0n) is 10.0. The minimum absolute atomic E-state index is 0.372. The topological polar surface area (TPSA) is 46.2 Å². The molecular weight excluding hydrogens is 333 g/mol. The second kappa shape index (κ2) is 5.30. The van der Waals surface area contributed by atoms with Crippen LogP contribution in [-0.2, 0) is 10.0 Å². The van der Waals surface area contributed by atoms with Gasteiger partial charge < -0.3 is 0 Å². The fraction of sp³-hybridized carbons (Fsp3) is 0.0769. The Bertz CT molecular complexity index is 716. The van der Waals surface area contributed by atoms with E-state index in [-0.39, 0.29) is 4.90 Å². The molecular formula is C13H11BrFNO2S. The molecule has 0 aliphatic carbocycles. The summed E-state index contributed by atoms with van der Waals surface area (Å²) in [6, 6.07) is 10.4. The Morgan fingerprint density at radius 1 is 1.11 bits per heavy atom. The van der Waals surface area contributed by atoms with Crippen molar-refractivity contribution in [1.82, 2.24) is 0 Å². The van der Waals surface area contributed by atoms with Crippen LogP contribution in [0.2, 0.25) is 0 Å². The number of halogens is 2. The molecule has 6 heteroatoms. The number of hydrogen-bond donors (Lipinski definition) is 1. The van der Waals surface area contributed by atoms with E-state index in [1.54, 1.807) is 12.1 Å². The van der Waals surface area contributed by atoms with Crippen molar-refractivity contribution in [3.05, 3.63) is 58.3 Å². The van der Waals surface area contributed by atoms with Crippen LogP contribution in [0.5, 0.6) is 0 Å². The molecule has 0 unspecified atom stereocenters. The van der Waals surface area contributed by atoms with Gasteiger partial charge in [0.2, 0.25) is 0 Å². The average molecular weight is 344 g/mol. The summed E-state index contributed by atoms with van der Waals surface area (Å²) in [5, 5.41) is 0. The van der Waals surface area contributed by atoms with E-state index in [1.807, 2.05) is 13.0 Å². The highest BCUT2D eigenvalue weighted by atomic mass is 79.9. The van der Waals surface area contributed by atoms with Crippen molar-refractivity contribution in [3.8, 4) is 0 Å². The number of hydrogen-bond acceptors (Lipinski definition) is 2. The van der Waals surface area contributed by atoms with E-state index in [9.17, 15) is 12.8 Å². The Kier molecular flexibility index (Phi) is 3.91. The molecule has 0 spiro atoms. The summed E-state index contributed by atoms with van der Waals surface area (Å²) in [5.41, 5.74) is 1.26. The predicted octanol–water partition coefficient (Wildman–Crippen LogP) is 3.70. The molecule has 0 saturated heterocycles. The third kappa shape index (κ3) is 2.96. The zero-order valence-corrected chi connectivity index (χ0v) is 12.4. The second-order valence-corrected chi connectivity index (χ2v) is 6.42. The van der Waals surface area contributed by atoms with Gasteiger partial charge in [0.1, 0.15) is 10.7 Å². The SMILES string of the molecule is Cc1cccc(NS(=O)(=O)c2ccccc2F)c1Br. The number of rotatable bonds is 3. The lowest BCUT2D eigenvalue weighted by Gasteiger charge is -2.11. The van der Waals surface area contributed by atoms with Crippen molar-refractivity contribution in [1.29, 1.82) is 0 Å². The summed E-state index contributed by atoms with van der Waals surface area (Å²) >= 11 is 3.30. The van der Waals surface area contributed by atoms with Crippen LogP contribution in [0.4, 0.5) is 10.1 Å². The van der Waals surface area contributed by atoms with E-state index in [0.29, 0.717) is 10.2 Å². The molecule has 0 amide bonds. The van der Waals surface area contributed by atoms with Crippen LogP contribution >= 0.6 is 15.9 Å². The van der Waals surface area contributed by atoms with Crippen LogP contribution in [0.3, 0.4) is 0 Å². The van der Waals surface area contributed by atoms with Gasteiger partial charge in [-0.3, -0.25) is 4.72 Å². The van der Waals surface area contributed by atoms with Crippen LogP contribution < -0.4 is 4.72 Å². The summed E-state index contributed by atoms with van der Waals surface area (Å²) < 4.78 is 40.8. The molecule has 0 aromatic heterocycles. The highest BCUT2D eigenvalue weighted by molar-refractivity contribution is 9.10. The fourth-order valence-electron chi connectivity index (χ4n) is 1.59. The highest BCUT2D eigenvalue weighted by Gasteiger charge is 2.19. The molecule has 0 heterocycles. The monoisotopic (exact) mass is 343 g/mol. The van der Waals surface area contributed by atoms with Crippen LogP contribution in [-0.4, -0.2) is 8.42 Å². The maximum absolute atomic E-state index is 13.5. The van der Waals surface area contributed by atoms with Gasteiger partial charge in [0.25, 0.3) is 10.0 Å². The van der Waals surface area contributed by atoms with Gasteiger partial charge in [-0.2, -0.15) is 0 Å². The van der Waals surface area contributed by atoms with Crippen molar-refractivity contribution in [2.45, 2.75) is 11.8 Å². The Morgan fingerprint density at radius 3 is 2.47 bits per heavy atom. The molecule has 1 N–H and O–H groups in total. The molecule has 0 fully saturated rings. The molecule has 0 radical (unpaired) electrons. The van der Waals surface area contributed by atoms with Crippen LogP contribution in [0.25, 0.3) is 0 Å². The molecule has 0 bridgehead atoms. The number of sulfonamides is 1. The van der Waals surface area contributed by atoms with Crippen molar-refractivity contribution < 1.29 is 12.8 Å². The van der Waals surface area contributed by atoms with E-state index in [2.05, 4.69) is 20.7 Å². The van der Waals surface area contributed by atoms with Crippen LogP contribution in [0.1, 0.15) is 5.56 Å². The Labute approximate surface area is 119 Å². The van der Waals surface area contributed by atoms with E-state index in [4.69, 9.17) is 0 Å². The summed E-state index contributed by atoms with van der Waals surface area (Å²) in [6.07, 6.45) is 0. The van der Waals surface area contributed by atoms with Gasteiger partial charge >= 0.3 is 0 Å². The summed E-state index contributed by atoms with van der Waals surface area (Å²) in [5.74, 6) is -0.779. The molecule has 2 aromatic carbocycles. The molecule has 0 aliphatic heterocycles. The van der Waals surface area contributed by atoms with Crippen molar-refractivity contribution in [2.75, 3.05) is 4.72 Å². The number of aryl methyl sites for hydroxylation is 1. The standard InChI is InChI=1S/C13H11BrFNO2S/c1-9-5-4-7-11(13(9)14)16-19(17,18)12-8-3-2-6-10(12)15/h2-8,16H,1H3. The minimum Gasteiger partial charge on any atom is -0.278 e. The molecule has 100 valence electrons. The maximum Gasteiger partial charge on any atom is 0.264 e. The number of benzene rings is 2. The summed E-state index contributed by atoms with van der Waals surface area (Å²) in [7, 11) is -3.94. The molecule has 0 atom stereocenters. The number of anilines is 1. The van der Waals surface area contributed by atoms with Crippen molar-refractivity contribution >= 4 is 31.6 Å². The molecule has 3 nitrogen and oxygen atoms in total. The van der Waals surface area contributed by atoms with Gasteiger partial charge in [-0.15, -0.1) is 0 Å². The van der Waals surface area contributed by atoms with Gasteiger partial charge in [0, 0.05) is 4.47 Å². The first-order valence-corrected chi connectivity index (χ1v) is 7.72. The Morgan fingerprint density at radius 2 is 1.79 bits per heavy atom. The fourth-order valence-corrected chi connectivity index (χ4v) is 3.24. The molecule has 0 saturated carbocycles. The Hall–Kier alpha value is -1.40. The predicted molar refractivity (Wildman–Crippen MR) is 76.1 cm³/mol. The minimum atomic E-state index is -3.94. The molecule has 19 heavy (non-hydrogen) atoms. The first kappa shape index (κ1) is 14.0. The van der Waals surface area contributed by atoms with E-state index in [1.165, 1.54) is 18.2 Å². The lowest BCUT2D eigenvalue weighted by Crippen LogP contribution is -2.15. The quantitative estimate of drug-likeness (QED) is 0.923. The van der Waals surface area contributed by atoms with E-state index in [0.717, 1.165) is 11.6 Å². The lowest BCUT2D eigenvalue weighted by atomic mass is 10.2. The van der Waals surface area contributed by atoms with Crippen molar-refractivity contribution in [2.24, 2.45) is 0 Å². The zero-order chi connectivity index (χ0) is 14.0. The normalized spacial score (nSPS) is 11.3. The summed E-state index contributed by atoms with van der Waals surface area (Å²) in [6.45, 7) is 1.84. The molecule has 2 rings (SSSR count).